The number of carbonyl (C=O) groups excluding carboxylic acids is 1. The lowest BCUT2D eigenvalue weighted by atomic mass is 10.1. The molecule has 1 aromatic rings. The van der Waals surface area contributed by atoms with Crippen molar-refractivity contribution in [1.82, 2.24) is 4.90 Å². The first kappa shape index (κ1) is 18.0. The fourth-order valence-electron chi connectivity index (χ4n) is 1.37. The number of urea groups is 1. The molecule has 20 heavy (non-hydrogen) atoms. The van der Waals surface area contributed by atoms with E-state index in [-0.39, 0.29) is 18.0 Å². The molecule has 5 N–H and O–H groups in total. The van der Waals surface area contributed by atoms with Crippen molar-refractivity contribution in [3.8, 4) is 0 Å². The zero-order chi connectivity index (χ0) is 14.8. The summed E-state index contributed by atoms with van der Waals surface area (Å²) in [6.45, 7) is -0.522. The van der Waals surface area contributed by atoms with Crippen LogP contribution in [0.3, 0.4) is 0 Å². The largest absolute Gasteiger partial charge is 0.416 e. The summed E-state index contributed by atoms with van der Waals surface area (Å²) in [6, 6.07) is 0.660. The number of rotatable bonds is 2. The fraction of sp³-hybridized carbons (Fsp3) is 0.200. The zero-order valence-electron chi connectivity index (χ0n) is 9.87. The summed E-state index contributed by atoms with van der Waals surface area (Å²) >= 11 is 0. The maximum atomic E-state index is 13.1. The Bertz CT molecular complexity index is 506. The van der Waals surface area contributed by atoms with Crippen LogP contribution in [-0.2, 0) is 12.7 Å². The highest BCUT2D eigenvalue weighted by molar-refractivity contribution is 5.92. The lowest BCUT2D eigenvalue weighted by Gasteiger charge is -2.18. The van der Waals surface area contributed by atoms with Crippen molar-refractivity contribution in [3.05, 3.63) is 35.1 Å². The Hall–Kier alpha value is -2.03. The standard InChI is InChI=1S/C10H10F4N4O.ClH/c11-7-2-5(1-6(3-7)10(12,13)14)4-18(8(15)16)9(17)19;/h1-3H,4H2,(H3,15,16)(H2,17,19);1H. The van der Waals surface area contributed by atoms with Gasteiger partial charge in [-0.05, 0) is 23.8 Å². The number of halogens is 5. The fourth-order valence-corrected chi connectivity index (χ4v) is 1.37. The van der Waals surface area contributed by atoms with E-state index >= 15 is 0 Å². The predicted octanol–water partition coefficient (Wildman–Crippen LogP) is 2.04. The van der Waals surface area contributed by atoms with Gasteiger partial charge in [-0.2, -0.15) is 13.2 Å². The molecule has 0 spiro atoms. The highest BCUT2D eigenvalue weighted by atomic mass is 35.5. The number of alkyl halides is 3. The van der Waals surface area contributed by atoms with E-state index in [2.05, 4.69) is 0 Å². The lowest BCUT2D eigenvalue weighted by Crippen LogP contribution is -2.43. The van der Waals surface area contributed by atoms with E-state index in [9.17, 15) is 22.4 Å². The normalized spacial score (nSPS) is 10.6. The van der Waals surface area contributed by atoms with Crippen LogP contribution in [0.4, 0.5) is 22.4 Å². The summed E-state index contributed by atoms with van der Waals surface area (Å²) in [5.74, 6) is -1.86. The molecular weight excluding hydrogens is 304 g/mol. The summed E-state index contributed by atoms with van der Waals surface area (Å²) < 4.78 is 50.5. The number of nitrogens with one attached hydrogen (secondary N) is 1. The molecule has 0 heterocycles. The minimum Gasteiger partial charge on any atom is -0.370 e. The van der Waals surface area contributed by atoms with E-state index in [4.69, 9.17) is 16.9 Å². The van der Waals surface area contributed by atoms with Crippen LogP contribution >= 0.6 is 12.4 Å². The first-order valence-corrected chi connectivity index (χ1v) is 4.89. The van der Waals surface area contributed by atoms with Crippen molar-refractivity contribution < 1.29 is 22.4 Å². The van der Waals surface area contributed by atoms with Gasteiger partial charge in [0.05, 0.1) is 12.1 Å². The molecule has 0 radical (unpaired) electrons. The average molecular weight is 315 g/mol. The van der Waals surface area contributed by atoms with Crippen LogP contribution in [0.1, 0.15) is 11.1 Å². The van der Waals surface area contributed by atoms with E-state index < -0.39 is 36.1 Å². The SMILES string of the molecule is Cl.N=C(N)N(Cc1cc(F)cc(C(F)(F)F)c1)C(N)=O. The Balaban J connectivity index is 0.00000361. The summed E-state index contributed by atoms with van der Waals surface area (Å²) in [6.07, 6.45) is -4.72. The van der Waals surface area contributed by atoms with Crippen LogP contribution in [-0.4, -0.2) is 16.9 Å². The first-order chi connectivity index (χ1) is 8.61. The van der Waals surface area contributed by atoms with Gasteiger partial charge in [-0.1, -0.05) is 0 Å². The van der Waals surface area contributed by atoms with Crippen molar-refractivity contribution >= 4 is 24.4 Å². The zero-order valence-corrected chi connectivity index (χ0v) is 10.7. The van der Waals surface area contributed by atoms with Crippen molar-refractivity contribution in [2.24, 2.45) is 11.5 Å². The molecule has 0 aromatic heterocycles. The molecule has 0 saturated carbocycles. The van der Waals surface area contributed by atoms with Crippen LogP contribution in [0.2, 0.25) is 0 Å². The number of nitrogens with two attached hydrogens (primary N) is 2. The third kappa shape index (κ3) is 4.57. The average Bonchev–Trinajstić information content (AvgIpc) is 2.23. The second-order valence-corrected chi connectivity index (χ2v) is 3.66. The van der Waals surface area contributed by atoms with Gasteiger partial charge in [-0.25, -0.2) is 9.18 Å². The van der Waals surface area contributed by atoms with Gasteiger partial charge in [0, 0.05) is 0 Å². The Morgan fingerprint density at radius 3 is 2.20 bits per heavy atom. The van der Waals surface area contributed by atoms with E-state index in [0.717, 1.165) is 6.07 Å². The van der Waals surface area contributed by atoms with Crippen molar-refractivity contribution in [2.75, 3.05) is 0 Å². The minimum absolute atomic E-state index is 0. The van der Waals surface area contributed by atoms with E-state index in [1.54, 1.807) is 0 Å². The number of guanidine groups is 1. The van der Waals surface area contributed by atoms with Crippen LogP contribution < -0.4 is 11.5 Å². The van der Waals surface area contributed by atoms with E-state index in [1.165, 1.54) is 0 Å². The number of nitrogens with zero attached hydrogens (tertiary/aromatic N) is 1. The van der Waals surface area contributed by atoms with Crippen LogP contribution in [0.5, 0.6) is 0 Å². The molecule has 0 aliphatic carbocycles. The van der Waals surface area contributed by atoms with Crippen molar-refractivity contribution in [3.63, 3.8) is 0 Å². The number of hydrogen-bond acceptors (Lipinski definition) is 2. The maximum absolute atomic E-state index is 13.1. The molecular formula is C10H11ClF4N4O. The summed E-state index contributed by atoms with van der Waals surface area (Å²) in [5, 5.41) is 7.05. The van der Waals surface area contributed by atoms with Crippen LogP contribution in [0, 0.1) is 11.2 Å². The second-order valence-electron chi connectivity index (χ2n) is 3.66. The van der Waals surface area contributed by atoms with Gasteiger partial charge in [0.1, 0.15) is 5.82 Å². The minimum atomic E-state index is -4.72. The van der Waals surface area contributed by atoms with Gasteiger partial charge < -0.3 is 11.5 Å². The molecule has 1 aromatic carbocycles. The van der Waals surface area contributed by atoms with Gasteiger partial charge in [0.15, 0.2) is 5.96 Å². The molecule has 0 saturated heterocycles. The third-order valence-electron chi connectivity index (χ3n) is 2.18. The number of primary amides is 1. The molecule has 0 fully saturated rings. The molecule has 0 aliphatic heterocycles. The smallest absolute Gasteiger partial charge is 0.370 e. The number of benzene rings is 1. The Labute approximate surface area is 117 Å². The number of amides is 2. The second kappa shape index (κ2) is 6.42. The van der Waals surface area contributed by atoms with Crippen LogP contribution in [0.25, 0.3) is 0 Å². The highest BCUT2D eigenvalue weighted by Gasteiger charge is 2.31. The Morgan fingerprint density at radius 1 is 1.25 bits per heavy atom. The molecule has 2 amide bonds. The van der Waals surface area contributed by atoms with Crippen molar-refractivity contribution in [2.45, 2.75) is 12.7 Å². The van der Waals surface area contributed by atoms with E-state index in [1.807, 2.05) is 0 Å². The summed E-state index contributed by atoms with van der Waals surface area (Å²) in [5.41, 5.74) is 8.56. The molecule has 5 nitrogen and oxygen atoms in total. The molecule has 1 rings (SSSR count). The maximum Gasteiger partial charge on any atom is 0.416 e. The number of carbonyl (C=O) groups is 1. The topological polar surface area (TPSA) is 96.2 Å². The highest BCUT2D eigenvalue weighted by Crippen LogP contribution is 2.30. The molecule has 10 heteroatoms. The summed E-state index contributed by atoms with van der Waals surface area (Å²) in [4.78, 5) is 11.4. The third-order valence-corrected chi connectivity index (χ3v) is 2.18. The van der Waals surface area contributed by atoms with Gasteiger partial charge >= 0.3 is 12.2 Å². The van der Waals surface area contributed by atoms with Gasteiger partial charge in [-0.15, -0.1) is 12.4 Å². The molecule has 0 unspecified atom stereocenters. The summed E-state index contributed by atoms with van der Waals surface area (Å²) in [7, 11) is 0. The Morgan fingerprint density at radius 2 is 1.80 bits per heavy atom. The van der Waals surface area contributed by atoms with Gasteiger partial charge in [-0.3, -0.25) is 10.3 Å². The monoisotopic (exact) mass is 314 g/mol. The molecule has 112 valence electrons. The van der Waals surface area contributed by atoms with Gasteiger partial charge in [0.2, 0.25) is 0 Å². The Kier molecular flexibility index (Phi) is 5.77. The quantitative estimate of drug-likeness (QED) is 0.442. The molecule has 0 atom stereocenters. The van der Waals surface area contributed by atoms with E-state index in [0.29, 0.717) is 17.0 Å². The number of hydrogen-bond donors (Lipinski definition) is 3. The molecule has 0 aliphatic rings. The van der Waals surface area contributed by atoms with Gasteiger partial charge in [0.25, 0.3) is 0 Å². The first-order valence-electron chi connectivity index (χ1n) is 4.89. The van der Waals surface area contributed by atoms with Crippen molar-refractivity contribution in [1.29, 1.82) is 5.41 Å². The predicted molar refractivity (Wildman–Crippen MR) is 65.7 cm³/mol. The lowest BCUT2D eigenvalue weighted by molar-refractivity contribution is -0.137. The van der Waals surface area contributed by atoms with Crippen LogP contribution in [0.15, 0.2) is 18.2 Å². The molecule has 0 bridgehead atoms.